The minimum absolute atomic E-state index is 0.0715. The standard InChI is InChI=1S/C13H22ClN3O2S/c1-8(2)7-17-10(9-12(3,4)13(9,5)6)15-16-11(17)20(14,18)19/h8-9H,7H2,1-6H3. The molecule has 1 heterocycles. The van der Waals surface area contributed by atoms with Crippen molar-refractivity contribution < 1.29 is 8.42 Å². The van der Waals surface area contributed by atoms with E-state index < -0.39 is 9.05 Å². The first kappa shape index (κ1) is 15.8. The van der Waals surface area contributed by atoms with Gasteiger partial charge in [-0.3, -0.25) is 0 Å². The van der Waals surface area contributed by atoms with Crippen LogP contribution in [0.4, 0.5) is 0 Å². The maximum absolute atomic E-state index is 11.7. The summed E-state index contributed by atoms with van der Waals surface area (Å²) in [4.78, 5) is 0. The molecule has 0 atom stereocenters. The zero-order valence-corrected chi connectivity index (χ0v) is 14.4. The molecule has 20 heavy (non-hydrogen) atoms. The molecule has 0 N–H and O–H groups in total. The predicted octanol–water partition coefficient (Wildman–Crippen LogP) is 3.01. The fourth-order valence-corrected chi connectivity index (χ4v) is 3.98. The van der Waals surface area contributed by atoms with E-state index >= 15 is 0 Å². The summed E-state index contributed by atoms with van der Waals surface area (Å²) in [6.07, 6.45) is 0. The third-order valence-electron chi connectivity index (χ3n) is 4.79. The molecule has 0 saturated heterocycles. The van der Waals surface area contributed by atoms with Gasteiger partial charge < -0.3 is 4.57 Å². The molecule has 1 saturated carbocycles. The fourth-order valence-electron chi connectivity index (χ4n) is 3.07. The molecule has 1 aliphatic rings. The lowest BCUT2D eigenvalue weighted by atomic mass is 10.0. The lowest BCUT2D eigenvalue weighted by molar-refractivity contribution is 0.457. The van der Waals surface area contributed by atoms with Gasteiger partial charge in [-0.05, 0) is 16.7 Å². The zero-order valence-electron chi connectivity index (χ0n) is 12.8. The summed E-state index contributed by atoms with van der Waals surface area (Å²) in [6.45, 7) is 13.3. The van der Waals surface area contributed by atoms with E-state index in [2.05, 4.69) is 37.9 Å². The van der Waals surface area contributed by atoms with Gasteiger partial charge in [0, 0.05) is 23.1 Å². The van der Waals surface area contributed by atoms with Gasteiger partial charge in [-0.2, -0.15) is 0 Å². The lowest BCUT2D eigenvalue weighted by Gasteiger charge is -2.12. The van der Waals surface area contributed by atoms with Crippen LogP contribution < -0.4 is 0 Å². The van der Waals surface area contributed by atoms with Gasteiger partial charge >= 0.3 is 0 Å². The van der Waals surface area contributed by atoms with E-state index in [0.29, 0.717) is 6.54 Å². The van der Waals surface area contributed by atoms with Gasteiger partial charge in [0.05, 0.1) is 0 Å². The molecule has 0 amide bonds. The van der Waals surface area contributed by atoms with Crippen molar-refractivity contribution in [3.05, 3.63) is 5.82 Å². The Morgan fingerprint density at radius 1 is 1.20 bits per heavy atom. The first-order valence-corrected chi connectivity index (χ1v) is 9.09. The Morgan fingerprint density at radius 2 is 1.70 bits per heavy atom. The van der Waals surface area contributed by atoms with Gasteiger partial charge in [0.1, 0.15) is 5.82 Å². The molecule has 1 aromatic heterocycles. The molecular formula is C13H22ClN3O2S. The van der Waals surface area contributed by atoms with Crippen LogP contribution in [0.2, 0.25) is 0 Å². The van der Waals surface area contributed by atoms with Crippen molar-refractivity contribution in [1.82, 2.24) is 14.8 Å². The largest absolute Gasteiger partial charge is 0.300 e. The minimum atomic E-state index is -3.88. The van der Waals surface area contributed by atoms with Crippen LogP contribution in [-0.4, -0.2) is 23.2 Å². The van der Waals surface area contributed by atoms with Crippen LogP contribution >= 0.6 is 10.7 Å². The van der Waals surface area contributed by atoms with Gasteiger partial charge in [-0.1, -0.05) is 41.5 Å². The summed E-state index contributed by atoms with van der Waals surface area (Å²) >= 11 is 0. The number of aromatic nitrogens is 3. The highest BCUT2D eigenvalue weighted by atomic mass is 35.7. The monoisotopic (exact) mass is 319 g/mol. The molecule has 5 nitrogen and oxygen atoms in total. The quantitative estimate of drug-likeness (QED) is 0.800. The fraction of sp³-hybridized carbons (Fsp3) is 0.846. The van der Waals surface area contributed by atoms with E-state index in [-0.39, 0.29) is 27.8 Å². The van der Waals surface area contributed by atoms with Crippen LogP contribution in [0, 0.1) is 16.7 Å². The van der Waals surface area contributed by atoms with E-state index in [4.69, 9.17) is 10.7 Å². The molecule has 1 aliphatic carbocycles. The highest BCUT2D eigenvalue weighted by molar-refractivity contribution is 8.13. The van der Waals surface area contributed by atoms with Crippen LogP contribution in [0.15, 0.2) is 5.16 Å². The van der Waals surface area contributed by atoms with E-state index in [9.17, 15) is 8.42 Å². The Hall–Kier alpha value is -0.620. The van der Waals surface area contributed by atoms with Crippen molar-refractivity contribution in [2.45, 2.75) is 59.2 Å². The molecule has 0 spiro atoms. The van der Waals surface area contributed by atoms with E-state index in [1.54, 1.807) is 4.57 Å². The van der Waals surface area contributed by atoms with Crippen molar-refractivity contribution in [2.24, 2.45) is 16.7 Å². The highest BCUT2D eigenvalue weighted by Gasteiger charge is 2.67. The number of rotatable bonds is 4. The molecule has 0 unspecified atom stereocenters. The number of nitrogens with zero attached hydrogens (tertiary/aromatic N) is 3. The molecule has 2 rings (SSSR count). The molecule has 0 radical (unpaired) electrons. The van der Waals surface area contributed by atoms with Crippen LogP contribution in [0.3, 0.4) is 0 Å². The van der Waals surface area contributed by atoms with Gasteiger partial charge in [-0.25, -0.2) is 8.42 Å². The number of halogens is 1. The molecule has 0 aliphatic heterocycles. The Labute approximate surface area is 125 Å². The van der Waals surface area contributed by atoms with Crippen LogP contribution in [0.5, 0.6) is 0 Å². The Balaban J connectivity index is 2.54. The lowest BCUT2D eigenvalue weighted by Crippen LogP contribution is -2.14. The maximum Gasteiger partial charge on any atom is 0.296 e. The van der Waals surface area contributed by atoms with Crippen molar-refractivity contribution in [3.63, 3.8) is 0 Å². The second-order valence-electron chi connectivity index (χ2n) is 7.16. The third-order valence-corrected chi connectivity index (χ3v) is 5.94. The average Bonchev–Trinajstić information content (AvgIpc) is 2.57. The summed E-state index contributed by atoms with van der Waals surface area (Å²) in [5.74, 6) is 1.20. The van der Waals surface area contributed by atoms with Crippen molar-refractivity contribution in [3.8, 4) is 0 Å². The maximum atomic E-state index is 11.7. The van der Waals surface area contributed by atoms with E-state index in [1.165, 1.54) is 0 Å². The summed E-state index contributed by atoms with van der Waals surface area (Å²) in [5.41, 5.74) is 0.143. The molecular weight excluding hydrogens is 298 g/mol. The van der Waals surface area contributed by atoms with Gasteiger partial charge in [0.15, 0.2) is 0 Å². The van der Waals surface area contributed by atoms with Crippen molar-refractivity contribution in [2.75, 3.05) is 0 Å². The highest BCUT2D eigenvalue weighted by Crippen LogP contribution is 2.73. The van der Waals surface area contributed by atoms with Crippen LogP contribution in [-0.2, 0) is 15.6 Å². The summed E-state index contributed by atoms with van der Waals surface area (Å²) in [7, 11) is 1.60. The molecule has 114 valence electrons. The molecule has 1 aromatic rings. The topological polar surface area (TPSA) is 64.8 Å². The normalized spacial score (nSPS) is 21.4. The second kappa shape index (κ2) is 4.44. The molecule has 0 bridgehead atoms. The molecule has 7 heteroatoms. The van der Waals surface area contributed by atoms with E-state index in [1.807, 2.05) is 13.8 Å². The average molecular weight is 320 g/mol. The second-order valence-corrected chi connectivity index (χ2v) is 9.62. The SMILES string of the molecule is CC(C)Cn1c(C2C(C)(C)C2(C)C)nnc1S(=O)(=O)Cl. The Morgan fingerprint density at radius 3 is 2.05 bits per heavy atom. The third kappa shape index (κ3) is 2.26. The summed E-state index contributed by atoms with van der Waals surface area (Å²) < 4.78 is 25.0. The summed E-state index contributed by atoms with van der Waals surface area (Å²) in [5, 5.41) is 7.83. The Kier molecular flexibility index (Phi) is 3.50. The zero-order chi connectivity index (χ0) is 15.5. The number of hydrogen-bond acceptors (Lipinski definition) is 4. The van der Waals surface area contributed by atoms with Gasteiger partial charge in [0.25, 0.3) is 14.2 Å². The van der Waals surface area contributed by atoms with Crippen LogP contribution in [0.1, 0.15) is 53.3 Å². The van der Waals surface area contributed by atoms with Gasteiger partial charge in [-0.15, -0.1) is 10.2 Å². The smallest absolute Gasteiger partial charge is 0.296 e. The van der Waals surface area contributed by atoms with Crippen LogP contribution in [0.25, 0.3) is 0 Å². The summed E-state index contributed by atoms with van der Waals surface area (Å²) in [6, 6.07) is 0. The molecule has 1 fully saturated rings. The first-order valence-electron chi connectivity index (χ1n) is 6.78. The molecule has 0 aromatic carbocycles. The van der Waals surface area contributed by atoms with Gasteiger partial charge in [0.2, 0.25) is 0 Å². The predicted molar refractivity (Wildman–Crippen MR) is 78.2 cm³/mol. The minimum Gasteiger partial charge on any atom is -0.300 e. The first-order chi connectivity index (χ1) is 8.90. The number of hydrogen-bond donors (Lipinski definition) is 0. The van der Waals surface area contributed by atoms with Crippen molar-refractivity contribution in [1.29, 1.82) is 0 Å². The van der Waals surface area contributed by atoms with Crippen molar-refractivity contribution >= 4 is 19.7 Å². The Bertz CT molecular complexity index is 618. The van der Waals surface area contributed by atoms with E-state index in [0.717, 1.165) is 5.82 Å².